The van der Waals surface area contributed by atoms with Crippen molar-refractivity contribution in [1.82, 2.24) is 24.1 Å². The van der Waals surface area contributed by atoms with E-state index in [9.17, 15) is 9.59 Å². The summed E-state index contributed by atoms with van der Waals surface area (Å²) in [5, 5.41) is 0. The van der Waals surface area contributed by atoms with Crippen LogP contribution in [0.2, 0.25) is 0 Å². The van der Waals surface area contributed by atoms with Gasteiger partial charge in [0.05, 0.1) is 0 Å². The molecule has 8 nitrogen and oxygen atoms in total. The summed E-state index contributed by atoms with van der Waals surface area (Å²) in [6, 6.07) is 0.178. The minimum absolute atomic E-state index is 0.178. The van der Waals surface area contributed by atoms with Gasteiger partial charge in [0.15, 0.2) is 11.2 Å². The number of hydrazine groups is 1. The molecule has 1 atom stereocenters. The second kappa shape index (κ2) is 3.45. The van der Waals surface area contributed by atoms with Gasteiger partial charge in [-0.25, -0.2) is 10.2 Å². The van der Waals surface area contributed by atoms with E-state index < -0.39 is 0 Å². The number of rotatable bonds is 0. The fraction of sp³-hybridized carbons (Fsp3) is 0.500. The van der Waals surface area contributed by atoms with Crippen LogP contribution in [0.3, 0.4) is 0 Å². The van der Waals surface area contributed by atoms with E-state index in [2.05, 4.69) is 15.8 Å². The average molecular weight is 250 g/mol. The Bertz CT molecular complexity index is 752. The summed E-state index contributed by atoms with van der Waals surface area (Å²) in [6.07, 6.45) is 0. The van der Waals surface area contributed by atoms with Crippen LogP contribution in [0.1, 0.15) is 6.92 Å². The van der Waals surface area contributed by atoms with Gasteiger partial charge in [-0.3, -0.25) is 19.4 Å². The summed E-state index contributed by atoms with van der Waals surface area (Å²) in [6.45, 7) is 2.63. The molecule has 0 unspecified atom stereocenters. The maximum Gasteiger partial charge on any atom is 0.332 e. The summed E-state index contributed by atoms with van der Waals surface area (Å²) in [4.78, 5) is 28.3. The Labute approximate surface area is 102 Å². The molecule has 2 aromatic heterocycles. The third kappa shape index (κ3) is 1.26. The topological polar surface area (TPSA) is 85.9 Å². The minimum atomic E-state index is -0.371. The highest BCUT2D eigenvalue weighted by molar-refractivity contribution is 5.74. The van der Waals surface area contributed by atoms with Crippen molar-refractivity contribution in [3.63, 3.8) is 0 Å². The van der Waals surface area contributed by atoms with E-state index in [4.69, 9.17) is 0 Å². The number of hydrogen-bond acceptors (Lipinski definition) is 5. The van der Waals surface area contributed by atoms with Crippen molar-refractivity contribution in [2.45, 2.75) is 19.5 Å². The second-order valence-corrected chi connectivity index (χ2v) is 4.59. The van der Waals surface area contributed by atoms with Crippen LogP contribution in [-0.4, -0.2) is 24.7 Å². The molecule has 1 aliphatic heterocycles. The van der Waals surface area contributed by atoms with Crippen LogP contribution in [0, 0.1) is 0 Å². The SMILES string of the molecule is C[C@H]1Cn2c(nc3c2c(=O)n(C)c(=O)n3C)NN1. The van der Waals surface area contributed by atoms with Crippen molar-refractivity contribution in [2.75, 3.05) is 5.43 Å². The number of hydrogen-bond donors (Lipinski definition) is 2. The van der Waals surface area contributed by atoms with Gasteiger partial charge in [0.2, 0.25) is 5.95 Å². The zero-order valence-corrected chi connectivity index (χ0v) is 10.4. The van der Waals surface area contributed by atoms with Gasteiger partial charge in [-0.1, -0.05) is 0 Å². The normalized spacial score (nSPS) is 18.7. The lowest BCUT2D eigenvalue weighted by Crippen LogP contribution is -2.42. The Morgan fingerprint density at radius 2 is 2.00 bits per heavy atom. The van der Waals surface area contributed by atoms with Gasteiger partial charge in [0, 0.05) is 26.7 Å². The first-order chi connectivity index (χ1) is 8.50. The van der Waals surface area contributed by atoms with Crippen molar-refractivity contribution in [3.05, 3.63) is 20.8 Å². The number of imidazole rings is 1. The lowest BCUT2D eigenvalue weighted by Gasteiger charge is -2.23. The highest BCUT2D eigenvalue weighted by Gasteiger charge is 2.22. The third-order valence-corrected chi connectivity index (χ3v) is 3.23. The van der Waals surface area contributed by atoms with E-state index in [-0.39, 0.29) is 17.3 Å². The monoisotopic (exact) mass is 250 g/mol. The molecule has 0 fully saturated rings. The Kier molecular flexibility index (Phi) is 2.11. The van der Waals surface area contributed by atoms with Crippen LogP contribution in [0.25, 0.3) is 11.2 Å². The summed E-state index contributed by atoms with van der Waals surface area (Å²) in [7, 11) is 3.09. The Morgan fingerprint density at radius 1 is 1.28 bits per heavy atom. The molecule has 0 saturated heterocycles. The van der Waals surface area contributed by atoms with Gasteiger partial charge in [0.1, 0.15) is 0 Å². The molecular formula is C10H14N6O2. The summed E-state index contributed by atoms with van der Waals surface area (Å²) < 4.78 is 4.29. The number of nitrogens with one attached hydrogen (secondary N) is 2. The first kappa shape index (κ1) is 11.0. The standard InChI is InChI=1S/C10H14N6O2/c1-5-4-16-6-7(11-9(16)13-12-5)14(2)10(18)15(3)8(6)17/h5,12H,4H2,1-3H3,(H,11,13)/t5-/m0/s1. The number of fused-ring (bicyclic) bond motifs is 3. The van der Waals surface area contributed by atoms with Crippen molar-refractivity contribution < 1.29 is 0 Å². The van der Waals surface area contributed by atoms with Gasteiger partial charge in [-0.2, -0.15) is 4.98 Å². The van der Waals surface area contributed by atoms with E-state index >= 15 is 0 Å². The van der Waals surface area contributed by atoms with Crippen molar-refractivity contribution in [3.8, 4) is 0 Å². The predicted octanol–water partition coefficient (Wildman–Crippen LogP) is -1.25. The molecule has 96 valence electrons. The highest BCUT2D eigenvalue weighted by Crippen LogP contribution is 2.17. The van der Waals surface area contributed by atoms with E-state index in [1.807, 2.05) is 6.92 Å². The number of nitrogens with zero attached hydrogens (tertiary/aromatic N) is 4. The lowest BCUT2D eigenvalue weighted by atomic mass is 10.3. The molecule has 0 amide bonds. The first-order valence-corrected chi connectivity index (χ1v) is 5.68. The van der Waals surface area contributed by atoms with Crippen LogP contribution in [0.15, 0.2) is 9.59 Å². The van der Waals surface area contributed by atoms with Crippen LogP contribution in [0.5, 0.6) is 0 Å². The van der Waals surface area contributed by atoms with Gasteiger partial charge >= 0.3 is 5.69 Å². The molecular weight excluding hydrogens is 236 g/mol. The molecule has 0 bridgehead atoms. The molecule has 2 N–H and O–H groups in total. The number of aromatic nitrogens is 4. The molecule has 1 aliphatic rings. The van der Waals surface area contributed by atoms with Crippen molar-refractivity contribution >= 4 is 17.1 Å². The maximum atomic E-state index is 12.2. The fourth-order valence-electron chi connectivity index (χ4n) is 2.23. The van der Waals surface area contributed by atoms with Crippen molar-refractivity contribution in [2.24, 2.45) is 14.1 Å². The third-order valence-electron chi connectivity index (χ3n) is 3.23. The van der Waals surface area contributed by atoms with Gasteiger partial charge in [-0.15, -0.1) is 0 Å². The average Bonchev–Trinajstić information content (AvgIpc) is 2.72. The van der Waals surface area contributed by atoms with Crippen LogP contribution >= 0.6 is 0 Å². The molecule has 0 aromatic carbocycles. The Morgan fingerprint density at radius 3 is 2.72 bits per heavy atom. The van der Waals surface area contributed by atoms with Crippen LogP contribution < -0.4 is 22.1 Å². The van der Waals surface area contributed by atoms with E-state index in [0.717, 1.165) is 4.57 Å². The van der Waals surface area contributed by atoms with E-state index in [1.54, 1.807) is 11.6 Å². The molecule has 8 heteroatoms. The Hall–Kier alpha value is -2.09. The largest absolute Gasteiger partial charge is 0.332 e. The highest BCUT2D eigenvalue weighted by atomic mass is 16.2. The summed E-state index contributed by atoms with van der Waals surface area (Å²) >= 11 is 0. The van der Waals surface area contributed by atoms with Gasteiger partial charge < -0.3 is 4.57 Å². The van der Waals surface area contributed by atoms with Gasteiger partial charge in [-0.05, 0) is 6.92 Å². The molecule has 0 spiro atoms. The molecule has 3 rings (SSSR count). The van der Waals surface area contributed by atoms with E-state index in [1.165, 1.54) is 11.6 Å². The fourth-order valence-corrected chi connectivity index (χ4v) is 2.23. The smallest absolute Gasteiger partial charge is 0.302 e. The first-order valence-electron chi connectivity index (χ1n) is 5.68. The minimum Gasteiger partial charge on any atom is -0.302 e. The second-order valence-electron chi connectivity index (χ2n) is 4.59. The summed E-state index contributed by atoms with van der Waals surface area (Å²) in [5.74, 6) is 0.557. The molecule has 0 saturated carbocycles. The zero-order chi connectivity index (χ0) is 13.0. The maximum absolute atomic E-state index is 12.2. The lowest BCUT2D eigenvalue weighted by molar-refractivity contribution is 0.483. The quantitative estimate of drug-likeness (QED) is 0.610. The predicted molar refractivity (Wildman–Crippen MR) is 66.4 cm³/mol. The molecule has 3 heterocycles. The van der Waals surface area contributed by atoms with Gasteiger partial charge in [0.25, 0.3) is 5.56 Å². The van der Waals surface area contributed by atoms with Crippen LogP contribution in [-0.2, 0) is 20.6 Å². The summed E-state index contributed by atoms with van der Waals surface area (Å²) in [5.41, 5.74) is 6.14. The molecule has 2 aromatic rings. The Balaban J connectivity index is 2.49. The van der Waals surface area contributed by atoms with Crippen molar-refractivity contribution in [1.29, 1.82) is 0 Å². The van der Waals surface area contributed by atoms with Crippen LogP contribution in [0.4, 0.5) is 5.95 Å². The molecule has 18 heavy (non-hydrogen) atoms. The zero-order valence-electron chi connectivity index (χ0n) is 10.4. The number of anilines is 1. The number of aryl methyl sites for hydroxylation is 1. The van der Waals surface area contributed by atoms with E-state index in [0.29, 0.717) is 23.7 Å². The molecule has 0 radical (unpaired) electrons. The molecule has 0 aliphatic carbocycles.